The zero-order valence-electron chi connectivity index (χ0n) is 6.52. The van der Waals surface area contributed by atoms with Gasteiger partial charge in [0.1, 0.15) is 0 Å². The van der Waals surface area contributed by atoms with Crippen LogP contribution in [0.4, 0.5) is 0 Å². The van der Waals surface area contributed by atoms with Crippen LogP contribution in [0.15, 0.2) is 22.2 Å². The maximum atomic E-state index is 8.56. The molecule has 1 rings (SSSR count). The summed E-state index contributed by atoms with van der Waals surface area (Å²) in [5, 5.41) is 8.56. The van der Waals surface area contributed by atoms with E-state index in [-0.39, 0.29) is 6.61 Å². The SMILES string of the molecule is OC/C=C/C1=C(Br)CCCC1. The Kier molecular flexibility index (Phi) is 3.87. The number of aliphatic hydroxyl groups excluding tert-OH is 1. The third kappa shape index (κ3) is 2.80. The zero-order chi connectivity index (χ0) is 8.10. The summed E-state index contributed by atoms with van der Waals surface area (Å²) in [5.74, 6) is 0. The van der Waals surface area contributed by atoms with Crippen molar-refractivity contribution in [2.45, 2.75) is 25.7 Å². The summed E-state index contributed by atoms with van der Waals surface area (Å²) in [6, 6.07) is 0. The maximum Gasteiger partial charge on any atom is 0.0615 e. The van der Waals surface area contributed by atoms with Crippen molar-refractivity contribution < 1.29 is 5.11 Å². The largest absolute Gasteiger partial charge is 0.392 e. The molecule has 0 bridgehead atoms. The molecule has 0 saturated heterocycles. The average Bonchev–Trinajstić information content (AvgIpc) is 2.03. The van der Waals surface area contributed by atoms with E-state index >= 15 is 0 Å². The van der Waals surface area contributed by atoms with Gasteiger partial charge in [-0.3, -0.25) is 0 Å². The first-order valence-corrected chi connectivity index (χ1v) is 4.79. The topological polar surface area (TPSA) is 20.2 Å². The number of rotatable bonds is 2. The van der Waals surface area contributed by atoms with Gasteiger partial charge in [-0.1, -0.05) is 28.1 Å². The van der Waals surface area contributed by atoms with E-state index in [1.54, 1.807) is 6.08 Å². The van der Waals surface area contributed by atoms with Crippen molar-refractivity contribution >= 4 is 15.9 Å². The molecule has 1 nitrogen and oxygen atoms in total. The molecule has 0 saturated carbocycles. The molecule has 11 heavy (non-hydrogen) atoms. The van der Waals surface area contributed by atoms with Crippen LogP contribution in [0.2, 0.25) is 0 Å². The highest BCUT2D eigenvalue weighted by Crippen LogP contribution is 2.29. The smallest absolute Gasteiger partial charge is 0.0615 e. The molecule has 0 spiro atoms. The lowest BCUT2D eigenvalue weighted by molar-refractivity contribution is 0.342. The van der Waals surface area contributed by atoms with Gasteiger partial charge in [0.15, 0.2) is 0 Å². The molecule has 0 amide bonds. The van der Waals surface area contributed by atoms with Crippen molar-refractivity contribution in [3.05, 3.63) is 22.2 Å². The Morgan fingerprint density at radius 2 is 2.09 bits per heavy atom. The van der Waals surface area contributed by atoms with Crippen molar-refractivity contribution in [3.8, 4) is 0 Å². The molecule has 62 valence electrons. The van der Waals surface area contributed by atoms with Gasteiger partial charge in [-0.05, 0) is 35.7 Å². The Bertz CT molecular complexity index is 182. The van der Waals surface area contributed by atoms with Gasteiger partial charge in [-0.15, -0.1) is 0 Å². The quantitative estimate of drug-likeness (QED) is 0.753. The van der Waals surface area contributed by atoms with E-state index in [9.17, 15) is 0 Å². The fraction of sp³-hybridized carbons (Fsp3) is 0.556. The van der Waals surface area contributed by atoms with Gasteiger partial charge >= 0.3 is 0 Å². The Morgan fingerprint density at radius 1 is 1.36 bits per heavy atom. The highest BCUT2D eigenvalue weighted by atomic mass is 79.9. The normalized spacial score (nSPS) is 19.8. The van der Waals surface area contributed by atoms with Crippen LogP contribution < -0.4 is 0 Å². The van der Waals surface area contributed by atoms with Crippen molar-refractivity contribution in [2.75, 3.05) is 6.61 Å². The van der Waals surface area contributed by atoms with Crippen molar-refractivity contribution in [3.63, 3.8) is 0 Å². The first-order chi connectivity index (χ1) is 5.34. The number of halogens is 1. The van der Waals surface area contributed by atoms with Crippen LogP contribution >= 0.6 is 15.9 Å². The molecular weight excluding hydrogens is 204 g/mol. The van der Waals surface area contributed by atoms with Gasteiger partial charge in [0.2, 0.25) is 0 Å². The molecule has 0 aromatic carbocycles. The molecule has 2 heteroatoms. The number of hydrogen-bond donors (Lipinski definition) is 1. The molecule has 0 heterocycles. The lowest BCUT2D eigenvalue weighted by Crippen LogP contribution is -1.92. The number of aliphatic hydroxyl groups is 1. The predicted molar refractivity (Wildman–Crippen MR) is 50.6 cm³/mol. The van der Waals surface area contributed by atoms with Crippen LogP contribution in [0, 0.1) is 0 Å². The molecule has 1 N–H and O–H groups in total. The fourth-order valence-electron chi connectivity index (χ4n) is 1.26. The van der Waals surface area contributed by atoms with E-state index in [0.29, 0.717) is 0 Å². The van der Waals surface area contributed by atoms with Crippen molar-refractivity contribution in [1.29, 1.82) is 0 Å². The van der Waals surface area contributed by atoms with E-state index < -0.39 is 0 Å². The summed E-state index contributed by atoms with van der Waals surface area (Å²) >= 11 is 3.53. The van der Waals surface area contributed by atoms with Gasteiger partial charge in [0.05, 0.1) is 6.61 Å². The summed E-state index contributed by atoms with van der Waals surface area (Å²) in [4.78, 5) is 0. The minimum absolute atomic E-state index is 0.143. The molecule has 0 aliphatic heterocycles. The maximum absolute atomic E-state index is 8.56. The third-order valence-electron chi connectivity index (χ3n) is 1.87. The molecule has 0 atom stereocenters. The van der Waals surface area contributed by atoms with Crippen LogP contribution in [-0.4, -0.2) is 11.7 Å². The van der Waals surface area contributed by atoms with Gasteiger partial charge < -0.3 is 5.11 Å². The lowest BCUT2D eigenvalue weighted by atomic mass is 9.99. The molecule has 0 unspecified atom stereocenters. The molecule has 1 aliphatic rings. The Labute approximate surface area is 75.9 Å². The Hall–Kier alpha value is -0.0800. The monoisotopic (exact) mass is 216 g/mol. The standard InChI is InChI=1S/C9H13BrO/c10-9-6-2-1-4-8(9)5-3-7-11/h3,5,11H,1-2,4,6-7H2/b5-3+. The summed E-state index contributed by atoms with van der Waals surface area (Å²) in [7, 11) is 0. The van der Waals surface area contributed by atoms with Crippen LogP contribution in [0.25, 0.3) is 0 Å². The van der Waals surface area contributed by atoms with Crippen molar-refractivity contribution in [1.82, 2.24) is 0 Å². The average molecular weight is 217 g/mol. The first-order valence-electron chi connectivity index (χ1n) is 3.99. The Balaban J connectivity index is 2.59. The summed E-state index contributed by atoms with van der Waals surface area (Å²) in [6.07, 6.45) is 8.69. The van der Waals surface area contributed by atoms with Gasteiger partial charge in [-0.25, -0.2) is 0 Å². The summed E-state index contributed by atoms with van der Waals surface area (Å²) < 4.78 is 1.31. The summed E-state index contributed by atoms with van der Waals surface area (Å²) in [6.45, 7) is 0.143. The van der Waals surface area contributed by atoms with E-state index in [1.807, 2.05) is 6.08 Å². The zero-order valence-corrected chi connectivity index (χ0v) is 8.10. The highest BCUT2D eigenvalue weighted by Gasteiger charge is 2.06. The third-order valence-corrected chi connectivity index (χ3v) is 2.77. The van der Waals surface area contributed by atoms with Crippen LogP contribution in [0.3, 0.4) is 0 Å². The summed E-state index contributed by atoms with van der Waals surface area (Å²) in [5.41, 5.74) is 1.35. The molecular formula is C9H13BrO. The molecule has 0 aromatic heterocycles. The Morgan fingerprint density at radius 3 is 2.73 bits per heavy atom. The van der Waals surface area contributed by atoms with Gasteiger partial charge in [-0.2, -0.15) is 0 Å². The van der Waals surface area contributed by atoms with E-state index in [1.165, 1.54) is 22.9 Å². The molecule has 0 radical (unpaired) electrons. The second kappa shape index (κ2) is 4.73. The predicted octanol–water partition coefficient (Wildman–Crippen LogP) is 2.76. The van der Waals surface area contributed by atoms with Gasteiger partial charge in [0.25, 0.3) is 0 Å². The number of allylic oxidation sites excluding steroid dienone is 3. The van der Waals surface area contributed by atoms with E-state index in [0.717, 1.165) is 12.8 Å². The molecule has 0 fully saturated rings. The number of hydrogen-bond acceptors (Lipinski definition) is 1. The van der Waals surface area contributed by atoms with Crippen LogP contribution in [-0.2, 0) is 0 Å². The minimum atomic E-state index is 0.143. The first kappa shape index (κ1) is 9.01. The highest BCUT2D eigenvalue weighted by molar-refractivity contribution is 9.11. The van der Waals surface area contributed by atoms with E-state index in [2.05, 4.69) is 15.9 Å². The van der Waals surface area contributed by atoms with Gasteiger partial charge in [0, 0.05) is 0 Å². The van der Waals surface area contributed by atoms with E-state index in [4.69, 9.17) is 5.11 Å². The van der Waals surface area contributed by atoms with Crippen molar-refractivity contribution in [2.24, 2.45) is 0 Å². The van der Waals surface area contributed by atoms with Crippen LogP contribution in [0.5, 0.6) is 0 Å². The second-order valence-electron chi connectivity index (χ2n) is 2.72. The van der Waals surface area contributed by atoms with Crippen LogP contribution in [0.1, 0.15) is 25.7 Å². The lowest BCUT2D eigenvalue weighted by Gasteiger charge is -2.12. The fourth-order valence-corrected chi connectivity index (χ4v) is 1.87. The molecule has 1 aliphatic carbocycles. The molecule has 0 aromatic rings. The minimum Gasteiger partial charge on any atom is -0.392 e. The second-order valence-corrected chi connectivity index (χ2v) is 3.68.